The third-order valence-corrected chi connectivity index (χ3v) is 2.04. The number of hydrogen-bond acceptors (Lipinski definition) is 3. The molecule has 0 aliphatic heterocycles. The molecular weight excluding hydrogens is 216 g/mol. The lowest BCUT2D eigenvalue weighted by Gasteiger charge is -2.04. The lowest BCUT2D eigenvalue weighted by molar-refractivity contribution is -0.134. The summed E-state index contributed by atoms with van der Waals surface area (Å²) in [6, 6.07) is 4.46. The number of hydrogen-bond donors (Lipinski definition) is 0. The summed E-state index contributed by atoms with van der Waals surface area (Å²) in [5, 5.41) is 0.268. The normalized spacial score (nSPS) is 9.73. The van der Waals surface area contributed by atoms with Crippen molar-refractivity contribution in [3.05, 3.63) is 35.7 Å². The van der Waals surface area contributed by atoms with Crippen LogP contribution < -0.4 is 4.74 Å². The third-order valence-electron chi connectivity index (χ3n) is 1.71. The monoisotopic (exact) mass is 225 g/mol. The van der Waals surface area contributed by atoms with Crippen molar-refractivity contribution in [1.82, 2.24) is 0 Å². The number of ether oxygens (including phenoxy) is 1. The Morgan fingerprint density at radius 3 is 2.80 bits per heavy atom. The van der Waals surface area contributed by atoms with Gasteiger partial charge in [-0.25, -0.2) is 0 Å². The van der Waals surface area contributed by atoms with E-state index in [0.29, 0.717) is 24.0 Å². The van der Waals surface area contributed by atoms with Gasteiger partial charge in [-0.2, -0.15) is 0 Å². The van der Waals surface area contributed by atoms with Crippen molar-refractivity contribution < 1.29 is 14.3 Å². The summed E-state index contributed by atoms with van der Waals surface area (Å²) < 4.78 is 4.96. The lowest BCUT2D eigenvalue weighted by Crippen LogP contribution is -2.06. The van der Waals surface area contributed by atoms with Gasteiger partial charge in [0.2, 0.25) is 0 Å². The Morgan fingerprint density at radius 2 is 2.27 bits per heavy atom. The van der Waals surface area contributed by atoms with Gasteiger partial charge in [-0.3, -0.25) is 9.59 Å². The first-order valence-electron chi connectivity index (χ1n) is 4.42. The van der Waals surface area contributed by atoms with E-state index in [-0.39, 0.29) is 17.4 Å². The van der Waals surface area contributed by atoms with Crippen LogP contribution in [0.15, 0.2) is 18.2 Å². The second-order valence-corrected chi connectivity index (χ2v) is 3.29. The molecule has 0 bridgehead atoms. The molecule has 3 nitrogen and oxygen atoms in total. The summed E-state index contributed by atoms with van der Waals surface area (Å²) in [4.78, 5) is 21.6. The molecule has 4 heteroatoms. The molecule has 1 aromatic rings. The van der Waals surface area contributed by atoms with Gasteiger partial charge in [0.05, 0.1) is 5.02 Å². The molecule has 0 fully saturated rings. The van der Waals surface area contributed by atoms with Crippen molar-refractivity contribution in [2.75, 3.05) is 0 Å². The average molecular weight is 226 g/mol. The van der Waals surface area contributed by atoms with Crippen LogP contribution in [0.5, 0.6) is 5.75 Å². The summed E-state index contributed by atoms with van der Waals surface area (Å²) in [6.07, 6.45) is 1.38. The molecule has 0 aliphatic carbocycles. The second-order valence-electron chi connectivity index (χ2n) is 2.88. The van der Waals surface area contributed by atoms with Gasteiger partial charge in [-0.1, -0.05) is 18.5 Å². The molecule has 1 rings (SSSR count). The Kier molecular flexibility index (Phi) is 4.31. The molecule has 15 heavy (non-hydrogen) atoms. The minimum atomic E-state index is -0.361. The fraction of sp³-hybridized carbons (Fsp3) is 0.182. The lowest BCUT2D eigenvalue weighted by atomic mass is 10.2. The van der Waals surface area contributed by atoms with Crippen LogP contribution in [0.2, 0.25) is 5.02 Å². The van der Waals surface area contributed by atoms with Crippen molar-refractivity contribution in [2.45, 2.75) is 12.8 Å². The molecule has 1 radical (unpaired) electrons. The Balaban J connectivity index is 2.75. The van der Waals surface area contributed by atoms with Gasteiger partial charge in [-0.15, -0.1) is 0 Å². The van der Waals surface area contributed by atoms with E-state index in [9.17, 15) is 9.59 Å². The highest BCUT2D eigenvalue weighted by atomic mass is 35.5. The highest BCUT2D eigenvalue weighted by Gasteiger charge is 2.05. The first-order valence-corrected chi connectivity index (χ1v) is 4.80. The van der Waals surface area contributed by atoms with Crippen LogP contribution in [0.3, 0.4) is 0 Å². The molecule has 0 N–H and O–H groups in total. The van der Waals surface area contributed by atoms with Gasteiger partial charge in [0, 0.05) is 18.1 Å². The van der Waals surface area contributed by atoms with E-state index in [1.54, 1.807) is 0 Å². The second kappa shape index (κ2) is 5.51. The predicted molar refractivity (Wildman–Crippen MR) is 57.1 cm³/mol. The summed E-state index contributed by atoms with van der Waals surface area (Å²) in [5.74, 6) is -0.0241. The first-order chi connectivity index (χ1) is 7.17. The maximum Gasteiger partial charge on any atom is 0.311 e. The number of benzene rings is 1. The minimum Gasteiger partial charge on any atom is -0.426 e. The molecule has 0 saturated heterocycles. The van der Waals surface area contributed by atoms with Crippen LogP contribution in [0.25, 0.3) is 0 Å². The zero-order valence-electron chi connectivity index (χ0n) is 8.03. The zero-order valence-corrected chi connectivity index (χ0v) is 8.79. The van der Waals surface area contributed by atoms with Gasteiger partial charge >= 0.3 is 5.97 Å². The van der Waals surface area contributed by atoms with Gasteiger partial charge < -0.3 is 4.74 Å². The smallest absolute Gasteiger partial charge is 0.311 e. The van der Waals surface area contributed by atoms with Crippen LogP contribution >= 0.6 is 11.6 Å². The van der Waals surface area contributed by atoms with E-state index < -0.39 is 0 Å². The van der Waals surface area contributed by atoms with Crippen LogP contribution in [0.1, 0.15) is 23.2 Å². The van der Waals surface area contributed by atoms with Crippen molar-refractivity contribution in [1.29, 1.82) is 0 Å². The van der Waals surface area contributed by atoms with Crippen LogP contribution in [-0.4, -0.2) is 12.3 Å². The van der Waals surface area contributed by atoms with Crippen LogP contribution in [0, 0.1) is 6.92 Å². The molecule has 79 valence electrons. The molecule has 1 aromatic carbocycles. The van der Waals surface area contributed by atoms with E-state index in [0.717, 1.165) is 0 Å². The Hall–Kier alpha value is -1.35. The molecule has 0 amide bonds. The zero-order chi connectivity index (χ0) is 11.3. The van der Waals surface area contributed by atoms with E-state index >= 15 is 0 Å². The SMILES string of the molecule is [CH2]CCC(=O)Oc1ccc(C=O)c(Cl)c1. The predicted octanol–water partition coefficient (Wildman–Crippen LogP) is 2.67. The van der Waals surface area contributed by atoms with Gasteiger partial charge in [0.1, 0.15) is 5.75 Å². The number of carbonyl (C=O) groups excluding carboxylic acids is 2. The quantitative estimate of drug-likeness (QED) is 0.450. The van der Waals surface area contributed by atoms with E-state index in [4.69, 9.17) is 16.3 Å². The Morgan fingerprint density at radius 1 is 1.53 bits per heavy atom. The topological polar surface area (TPSA) is 43.4 Å². The Labute approximate surface area is 93.0 Å². The Bertz CT molecular complexity index is 374. The third kappa shape index (κ3) is 3.36. The van der Waals surface area contributed by atoms with Crippen molar-refractivity contribution >= 4 is 23.9 Å². The molecule has 0 spiro atoms. The maximum absolute atomic E-state index is 11.1. The summed E-state index contributed by atoms with van der Waals surface area (Å²) in [5.41, 5.74) is 0.369. The summed E-state index contributed by atoms with van der Waals surface area (Å²) in [7, 11) is 0. The highest BCUT2D eigenvalue weighted by Crippen LogP contribution is 2.21. The van der Waals surface area contributed by atoms with Gasteiger partial charge in [0.25, 0.3) is 0 Å². The molecule has 0 aliphatic rings. The van der Waals surface area contributed by atoms with Crippen molar-refractivity contribution in [2.24, 2.45) is 0 Å². The fourth-order valence-electron chi connectivity index (χ4n) is 0.994. The minimum absolute atomic E-state index is 0.257. The standard InChI is InChI=1S/C11H10ClO3/c1-2-3-11(14)15-9-5-4-8(7-13)10(12)6-9/h4-7H,1-3H2. The average Bonchev–Trinajstić information content (AvgIpc) is 2.18. The fourth-order valence-corrected chi connectivity index (χ4v) is 1.21. The van der Waals surface area contributed by atoms with E-state index in [1.807, 2.05) is 0 Å². The molecule has 0 unspecified atom stereocenters. The molecule has 0 heterocycles. The number of rotatable bonds is 4. The summed E-state index contributed by atoms with van der Waals surface area (Å²) >= 11 is 5.76. The molecule has 0 aromatic heterocycles. The highest BCUT2D eigenvalue weighted by molar-refractivity contribution is 6.33. The van der Waals surface area contributed by atoms with E-state index in [2.05, 4.69) is 6.92 Å². The maximum atomic E-state index is 11.1. The van der Waals surface area contributed by atoms with Crippen molar-refractivity contribution in [3.63, 3.8) is 0 Å². The molecule has 0 atom stereocenters. The van der Waals surface area contributed by atoms with Crippen molar-refractivity contribution in [3.8, 4) is 5.75 Å². The van der Waals surface area contributed by atoms with Gasteiger partial charge in [0.15, 0.2) is 6.29 Å². The first kappa shape index (κ1) is 11.7. The van der Waals surface area contributed by atoms with Crippen LogP contribution in [-0.2, 0) is 4.79 Å². The van der Waals surface area contributed by atoms with E-state index in [1.165, 1.54) is 18.2 Å². The largest absolute Gasteiger partial charge is 0.426 e. The molecular formula is C11H10ClO3. The number of aldehydes is 1. The summed E-state index contributed by atoms with van der Waals surface area (Å²) in [6.45, 7) is 3.54. The van der Waals surface area contributed by atoms with Crippen LogP contribution in [0.4, 0.5) is 0 Å². The number of esters is 1. The number of carbonyl (C=O) groups is 2. The number of halogens is 1. The molecule has 0 saturated carbocycles. The van der Waals surface area contributed by atoms with Gasteiger partial charge in [-0.05, 0) is 18.6 Å².